The fourth-order valence-corrected chi connectivity index (χ4v) is 6.24. The van der Waals surface area contributed by atoms with E-state index in [0.717, 1.165) is 21.5 Å². The quantitative estimate of drug-likeness (QED) is 0.369. The van der Waals surface area contributed by atoms with Gasteiger partial charge in [0.2, 0.25) is 0 Å². The molecule has 37 heavy (non-hydrogen) atoms. The number of para-hydroxylation sites is 2. The number of hydrogen-bond acceptors (Lipinski definition) is 6. The van der Waals surface area contributed by atoms with Crippen LogP contribution in [0.15, 0.2) is 58.1 Å². The normalized spacial score (nSPS) is 13.3. The summed E-state index contributed by atoms with van der Waals surface area (Å²) in [5, 5.41) is 1.00. The number of halogens is 1. The number of carbonyl (C=O) groups excluding carboxylic acids is 1. The topological polar surface area (TPSA) is 102 Å². The van der Waals surface area contributed by atoms with Crippen LogP contribution >= 0.6 is 22.9 Å². The van der Waals surface area contributed by atoms with Gasteiger partial charge in [0.05, 0.1) is 41.8 Å². The largest absolute Gasteiger partial charge is 0.450 e. The van der Waals surface area contributed by atoms with Crippen molar-refractivity contribution >= 4 is 50.3 Å². The molecule has 0 aliphatic carbocycles. The highest BCUT2D eigenvalue weighted by atomic mass is 35.5. The molecule has 9 nitrogen and oxygen atoms in total. The van der Waals surface area contributed by atoms with Gasteiger partial charge in [-0.3, -0.25) is 9.36 Å². The minimum Gasteiger partial charge on any atom is -0.450 e. The molecule has 11 heteroatoms. The maximum atomic E-state index is 13.9. The average molecular weight is 536 g/mol. The fraction of sp³-hybridized carbons (Fsp3) is 0.231. The van der Waals surface area contributed by atoms with Crippen LogP contribution in [-0.4, -0.2) is 43.2 Å². The summed E-state index contributed by atoms with van der Waals surface area (Å²) in [6.45, 7) is 2.96. The van der Waals surface area contributed by atoms with Gasteiger partial charge in [-0.05, 0) is 55.3 Å². The minimum atomic E-state index is -0.471. The summed E-state index contributed by atoms with van der Waals surface area (Å²) in [6.07, 6.45) is 0.108. The van der Waals surface area contributed by atoms with Gasteiger partial charge < -0.3 is 14.6 Å². The van der Waals surface area contributed by atoms with Crippen molar-refractivity contribution in [3.8, 4) is 5.69 Å². The van der Waals surface area contributed by atoms with Crippen LogP contribution in [0.3, 0.4) is 0 Å². The molecule has 1 aliphatic rings. The molecular formula is C26H22ClN5O4S. The van der Waals surface area contributed by atoms with Gasteiger partial charge in [0.15, 0.2) is 0 Å². The van der Waals surface area contributed by atoms with Crippen molar-refractivity contribution in [3.05, 3.63) is 90.7 Å². The summed E-state index contributed by atoms with van der Waals surface area (Å²) in [4.78, 5) is 51.0. The van der Waals surface area contributed by atoms with E-state index in [0.29, 0.717) is 46.3 Å². The third kappa shape index (κ3) is 4.02. The molecule has 1 N–H and O–H groups in total. The molecule has 0 saturated heterocycles. The van der Waals surface area contributed by atoms with E-state index in [4.69, 9.17) is 16.3 Å². The van der Waals surface area contributed by atoms with Crippen molar-refractivity contribution in [3.63, 3.8) is 0 Å². The number of carbonyl (C=O) groups is 1. The van der Waals surface area contributed by atoms with Crippen molar-refractivity contribution in [1.82, 2.24) is 24.0 Å². The van der Waals surface area contributed by atoms with Crippen LogP contribution in [0, 0.1) is 0 Å². The number of rotatable bonds is 4. The lowest BCUT2D eigenvalue weighted by Crippen LogP contribution is -2.39. The Bertz CT molecular complexity index is 1750. The molecule has 0 saturated carbocycles. The first-order valence-corrected chi connectivity index (χ1v) is 13.1. The molecule has 1 amide bonds. The van der Waals surface area contributed by atoms with E-state index in [9.17, 15) is 14.4 Å². The van der Waals surface area contributed by atoms with Gasteiger partial charge in [-0.1, -0.05) is 23.7 Å². The van der Waals surface area contributed by atoms with E-state index in [2.05, 4.69) is 9.97 Å². The molecule has 4 heterocycles. The first-order valence-electron chi connectivity index (χ1n) is 11.9. The van der Waals surface area contributed by atoms with Gasteiger partial charge in [0, 0.05) is 16.4 Å². The average Bonchev–Trinajstić information content (AvgIpc) is 3.48. The second kappa shape index (κ2) is 9.20. The highest BCUT2D eigenvalue weighted by Crippen LogP contribution is 2.33. The molecule has 5 aromatic rings. The highest BCUT2D eigenvalue weighted by Gasteiger charge is 2.29. The number of nitrogens with one attached hydrogen (secondary N) is 1. The summed E-state index contributed by atoms with van der Waals surface area (Å²) >= 11 is 7.43. The molecular weight excluding hydrogens is 514 g/mol. The lowest BCUT2D eigenvalue weighted by Gasteiger charge is -2.25. The van der Waals surface area contributed by atoms with E-state index in [-0.39, 0.29) is 24.8 Å². The molecule has 6 rings (SSSR count). The first kappa shape index (κ1) is 23.5. The zero-order valence-electron chi connectivity index (χ0n) is 19.9. The van der Waals surface area contributed by atoms with Crippen LogP contribution < -0.4 is 11.2 Å². The van der Waals surface area contributed by atoms with Crippen LogP contribution in [0.25, 0.3) is 26.9 Å². The smallest absolute Gasteiger partial charge is 0.410 e. The molecule has 0 bridgehead atoms. The number of hydrogen-bond donors (Lipinski definition) is 1. The third-order valence-electron chi connectivity index (χ3n) is 6.48. The van der Waals surface area contributed by atoms with Crippen molar-refractivity contribution in [2.45, 2.75) is 26.4 Å². The molecule has 3 aromatic heterocycles. The summed E-state index contributed by atoms with van der Waals surface area (Å²) in [5.41, 5.74) is 2.10. The first-order chi connectivity index (χ1) is 17.9. The Kier molecular flexibility index (Phi) is 5.85. The van der Waals surface area contributed by atoms with Crippen LogP contribution in [0.4, 0.5) is 4.79 Å². The Labute approximate surface area is 219 Å². The Hall–Kier alpha value is -3.89. The number of aromatic nitrogens is 4. The second-order valence-electron chi connectivity index (χ2n) is 8.74. The standard InChI is InChI=1S/C26H22ClN5O4S/c1-2-36-26(35)30-12-11-17-20(13-30)37-24-22(17)23(33)32(16-9-7-15(27)8-10-16)25(34)31(24)14-21-28-18-5-3-4-6-19(18)29-21/h3-10H,2,11-14H2,1H3,(H,28,29). The van der Waals surface area contributed by atoms with Crippen molar-refractivity contribution in [2.75, 3.05) is 13.2 Å². The second-order valence-corrected chi connectivity index (χ2v) is 10.3. The number of nitrogens with zero attached hydrogens (tertiary/aromatic N) is 4. The highest BCUT2D eigenvalue weighted by molar-refractivity contribution is 7.18. The predicted octanol–water partition coefficient (Wildman–Crippen LogP) is 4.31. The zero-order chi connectivity index (χ0) is 25.7. The Balaban J connectivity index is 1.56. The molecule has 188 valence electrons. The lowest BCUT2D eigenvalue weighted by atomic mass is 10.1. The monoisotopic (exact) mass is 535 g/mol. The Morgan fingerprint density at radius 1 is 1.16 bits per heavy atom. The molecule has 0 fully saturated rings. The molecule has 0 radical (unpaired) electrons. The van der Waals surface area contributed by atoms with Gasteiger partial charge in [-0.2, -0.15) is 0 Å². The number of imidazole rings is 1. The van der Waals surface area contributed by atoms with Gasteiger partial charge in [-0.25, -0.2) is 19.1 Å². The van der Waals surface area contributed by atoms with Gasteiger partial charge >= 0.3 is 11.8 Å². The van der Waals surface area contributed by atoms with Crippen molar-refractivity contribution < 1.29 is 9.53 Å². The number of fused-ring (bicyclic) bond motifs is 4. The summed E-state index contributed by atoms with van der Waals surface area (Å²) in [6, 6.07) is 14.3. The van der Waals surface area contributed by atoms with Crippen LogP contribution in [0.5, 0.6) is 0 Å². The zero-order valence-corrected chi connectivity index (χ0v) is 21.4. The number of amides is 1. The van der Waals surface area contributed by atoms with Crippen LogP contribution in [0.2, 0.25) is 5.02 Å². The van der Waals surface area contributed by atoms with E-state index < -0.39 is 5.69 Å². The summed E-state index contributed by atoms with van der Waals surface area (Å²) in [5.74, 6) is 0.602. The van der Waals surface area contributed by atoms with Crippen molar-refractivity contribution in [1.29, 1.82) is 0 Å². The Morgan fingerprint density at radius 3 is 2.70 bits per heavy atom. The van der Waals surface area contributed by atoms with Crippen molar-refractivity contribution in [2.24, 2.45) is 0 Å². The fourth-order valence-electron chi connectivity index (χ4n) is 4.76. The van der Waals surface area contributed by atoms with E-state index in [1.165, 1.54) is 15.9 Å². The number of ether oxygens (including phenoxy) is 1. The van der Waals surface area contributed by atoms with Crippen LogP contribution in [-0.2, 0) is 24.2 Å². The number of benzene rings is 2. The van der Waals surface area contributed by atoms with Gasteiger partial charge in [0.1, 0.15) is 10.7 Å². The van der Waals surface area contributed by atoms with E-state index >= 15 is 0 Å². The lowest BCUT2D eigenvalue weighted by molar-refractivity contribution is 0.103. The van der Waals surface area contributed by atoms with E-state index in [1.807, 2.05) is 24.3 Å². The summed E-state index contributed by atoms with van der Waals surface area (Å²) in [7, 11) is 0. The number of H-pyrrole nitrogens is 1. The SMILES string of the molecule is CCOC(=O)N1CCc2c(sc3c2c(=O)n(-c2ccc(Cl)cc2)c(=O)n3Cc2nc3ccccc3[nH]2)C1. The third-order valence-corrected chi connectivity index (χ3v) is 7.97. The van der Waals surface area contributed by atoms with Crippen LogP contribution in [0.1, 0.15) is 23.2 Å². The number of thiophene rings is 1. The maximum absolute atomic E-state index is 13.9. The van der Waals surface area contributed by atoms with E-state index in [1.54, 1.807) is 40.7 Å². The summed E-state index contributed by atoms with van der Waals surface area (Å²) < 4.78 is 7.95. The van der Waals surface area contributed by atoms with Gasteiger partial charge in [0.25, 0.3) is 5.56 Å². The molecule has 2 aromatic carbocycles. The molecule has 0 spiro atoms. The predicted molar refractivity (Wildman–Crippen MR) is 143 cm³/mol. The molecule has 1 aliphatic heterocycles. The molecule has 0 atom stereocenters. The minimum absolute atomic E-state index is 0.152. The maximum Gasteiger partial charge on any atom is 0.410 e. The Morgan fingerprint density at radius 2 is 1.95 bits per heavy atom. The number of aromatic amines is 1. The van der Waals surface area contributed by atoms with Gasteiger partial charge in [-0.15, -0.1) is 11.3 Å². The molecule has 0 unspecified atom stereocenters.